The number of nitrogens with one attached hydrogen (secondary N) is 1. The molecule has 0 atom stereocenters. The van der Waals surface area contributed by atoms with E-state index in [-0.39, 0.29) is 5.82 Å². The summed E-state index contributed by atoms with van der Waals surface area (Å²) in [5.74, 6) is 0.262. The number of methoxy groups -OCH3 is 1. The molecule has 0 saturated heterocycles. The highest BCUT2D eigenvalue weighted by molar-refractivity contribution is 5.54. The number of benzene rings is 1. The van der Waals surface area contributed by atoms with Crippen molar-refractivity contribution in [1.82, 2.24) is 0 Å². The zero-order valence-corrected chi connectivity index (χ0v) is 7.44. The first kappa shape index (κ1) is 8.84. The molecule has 0 fully saturated rings. The molecule has 1 aromatic rings. The van der Waals surface area contributed by atoms with Crippen molar-refractivity contribution in [3.05, 3.63) is 23.5 Å². The van der Waals surface area contributed by atoms with Crippen LogP contribution in [-0.4, -0.2) is 14.2 Å². The standard InChI is InChI=1S/C9H12FNO/c1-6-4-7(12-3)5-8(10)9(6)11-2/h4-5,11H,1-3H3. The number of hydrogen-bond acceptors (Lipinski definition) is 2. The number of halogens is 1. The third kappa shape index (κ3) is 1.49. The summed E-state index contributed by atoms with van der Waals surface area (Å²) in [5, 5.41) is 2.78. The molecule has 0 aliphatic heterocycles. The van der Waals surface area contributed by atoms with E-state index >= 15 is 0 Å². The van der Waals surface area contributed by atoms with Gasteiger partial charge in [-0.15, -0.1) is 0 Å². The summed E-state index contributed by atoms with van der Waals surface area (Å²) in [7, 11) is 3.21. The molecule has 0 unspecified atom stereocenters. The zero-order valence-electron chi connectivity index (χ0n) is 7.44. The van der Waals surface area contributed by atoms with E-state index in [1.165, 1.54) is 13.2 Å². The summed E-state index contributed by atoms with van der Waals surface area (Å²) in [6.45, 7) is 1.83. The fourth-order valence-corrected chi connectivity index (χ4v) is 1.15. The first-order valence-electron chi connectivity index (χ1n) is 3.71. The van der Waals surface area contributed by atoms with Gasteiger partial charge in [-0.1, -0.05) is 0 Å². The topological polar surface area (TPSA) is 21.3 Å². The largest absolute Gasteiger partial charge is 0.497 e. The first-order valence-corrected chi connectivity index (χ1v) is 3.71. The third-order valence-electron chi connectivity index (χ3n) is 1.75. The average molecular weight is 169 g/mol. The molecule has 0 heterocycles. The lowest BCUT2D eigenvalue weighted by atomic mass is 10.2. The van der Waals surface area contributed by atoms with Gasteiger partial charge in [-0.3, -0.25) is 0 Å². The molecule has 1 rings (SSSR count). The van der Waals surface area contributed by atoms with Crippen LogP contribution in [0.2, 0.25) is 0 Å². The van der Waals surface area contributed by atoms with Crippen LogP contribution in [0.1, 0.15) is 5.56 Å². The highest BCUT2D eigenvalue weighted by atomic mass is 19.1. The van der Waals surface area contributed by atoms with Crippen molar-refractivity contribution < 1.29 is 9.13 Å². The molecule has 1 N–H and O–H groups in total. The number of anilines is 1. The SMILES string of the molecule is CNc1c(C)cc(OC)cc1F. The molecule has 1 aromatic carbocycles. The minimum Gasteiger partial charge on any atom is -0.497 e. The van der Waals surface area contributed by atoms with Gasteiger partial charge in [0.05, 0.1) is 12.8 Å². The molecule has 0 aliphatic rings. The maximum atomic E-state index is 13.2. The molecule has 12 heavy (non-hydrogen) atoms. The van der Waals surface area contributed by atoms with Crippen molar-refractivity contribution in [2.45, 2.75) is 6.92 Å². The van der Waals surface area contributed by atoms with Gasteiger partial charge >= 0.3 is 0 Å². The van der Waals surface area contributed by atoms with E-state index in [9.17, 15) is 4.39 Å². The Bertz CT molecular complexity index is 263. The summed E-state index contributed by atoms with van der Waals surface area (Å²) < 4.78 is 18.1. The maximum Gasteiger partial charge on any atom is 0.150 e. The molecule has 0 aliphatic carbocycles. The van der Waals surface area contributed by atoms with Gasteiger partial charge in [-0.05, 0) is 18.6 Å². The fourth-order valence-electron chi connectivity index (χ4n) is 1.15. The molecule has 0 radical (unpaired) electrons. The van der Waals surface area contributed by atoms with E-state index in [4.69, 9.17) is 4.74 Å². The summed E-state index contributed by atoms with van der Waals surface area (Å²) in [6.07, 6.45) is 0. The van der Waals surface area contributed by atoms with Crippen LogP contribution in [0.4, 0.5) is 10.1 Å². The third-order valence-corrected chi connectivity index (χ3v) is 1.75. The van der Waals surface area contributed by atoms with E-state index < -0.39 is 0 Å². The molecule has 0 aromatic heterocycles. The van der Waals surface area contributed by atoms with Crippen LogP contribution >= 0.6 is 0 Å². The van der Waals surface area contributed by atoms with E-state index in [0.717, 1.165) is 5.56 Å². The van der Waals surface area contributed by atoms with E-state index in [1.807, 2.05) is 6.92 Å². The van der Waals surface area contributed by atoms with Crippen LogP contribution in [0, 0.1) is 12.7 Å². The highest BCUT2D eigenvalue weighted by Crippen LogP contribution is 2.24. The number of rotatable bonds is 2. The molecule has 3 heteroatoms. The highest BCUT2D eigenvalue weighted by Gasteiger charge is 2.05. The first-order chi connectivity index (χ1) is 5.69. The smallest absolute Gasteiger partial charge is 0.150 e. The van der Waals surface area contributed by atoms with Crippen LogP contribution in [0.15, 0.2) is 12.1 Å². The molecule has 0 spiro atoms. The minimum absolute atomic E-state index is 0.283. The van der Waals surface area contributed by atoms with Crippen molar-refractivity contribution in [3.63, 3.8) is 0 Å². The molecule has 0 amide bonds. The Kier molecular flexibility index (Phi) is 2.53. The summed E-state index contributed by atoms with van der Waals surface area (Å²) >= 11 is 0. The van der Waals surface area contributed by atoms with E-state index in [2.05, 4.69) is 5.32 Å². The van der Waals surface area contributed by atoms with Gasteiger partial charge in [0, 0.05) is 13.1 Å². The maximum absolute atomic E-state index is 13.2. The van der Waals surface area contributed by atoms with Gasteiger partial charge in [-0.2, -0.15) is 0 Å². The minimum atomic E-state index is -0.283. The van der Waals surface area contributed by atoms with Crippen LogP contribution in [0.3, 0.4) is 0 Å². The van der Waals surface area contributed by atoms with Crippen LogP contribution in [0.5, 0.6) is 5.75 Å². The Balaban J connectivity index is 3.18. The predicted molar refractivity (Wildman–Crippen MR) is 47.2 cm³/mol. The molecule has 0 bridgehead atoms. The Hall–Kier alpha value is -1.25. The summed E-state index contributed by atoms with van der Waals surface area (Å²) in [4.78, 5) is 0. The van der Waals surface area contributed by atoms with E-state index in [1.54, 1.807) is 13.1 Å². The fraction of sp³-hybridized carbons (Fsp3) is 0.333. The van der Waals surface area contributed by atoms with Gasteiger partial charge in [0.1, 0.15) is 11.6 Å². The van der Waals surface area contributed by atoms with Gasteiger partial charge in [0.25, 0.3) is 0 Å². The molecular formula is C9H12FNO. The van der Waals surface area contributed by atoms with Crippen molar-refractivity contribution >= 4 is 5.69 Å². The van der Waals surface area contributed by atoms with Crippen molar-refractivity contribution in [2.75, 3.05) is 19.5 Å². The Morgan fingerprint density at radius 1 is 1.42 bits per heavy atom. The lowest BCUT2D eigenvalue weighted by molar-refractivity contribution is 0.411. The van der Waals surface area contributed by atoms with Crippen molar-refractivity contribution in [1.29, 1.82) is 0 Å². The van der Waals surface area contributed by atoms with Gasteiger partial charge < -0.3 is 10.1 Å². The van der Waals surface area contributed by atoms with Gasteiger partial charge in [0.2, 0.25) is 0 Å². The lowest BCUT2D eigenvalue weighted by Gasteiger charge is -2.08. The molecule has 66 valence electrons. The normalized spacial score (nSPS) is 9.67. The average Bonchev–Trinajstić information content (AvgIpc) is 2.03. The van der Waals surface area contributed by atoms with Crippen LogP contribution < -0.4 is 10.1 Å². The molecular weight excluding hydrogens is 157 g/mol. The van der Waals surface area contributed by atoms with Crippen LogP contribution in [0.25, 0.3) is 0 Å². The molecule has 2 nitrogen and oxygen atoms in total. The Labute approximate surface area is 71.4 Å². The van der Waals surface area contributed by atoms with Gasteiger partial charge in [-0.25, -0.2) is 4.39 Å². The second-order valence-electron chi connectivity index (χ2n) is 2.55. The second kappa shape index (κ2) is 3.43. The number of aryl methyl sites for hydroxylation is 1. The monoisotopic (exact) mass is 169 g/mol. The Morgan fingerprint density at radius 2 is 2.08 bits per heavy atom. The quantitative estimate of drug-likeness (QED) is 0.732. The van der Waals surface area contributed by atoms with E-state index in [0.29, 0.717) is 11.4 Å². The molecule has 0 saturated carbocycles. The number of hydrogen-bond donors (Lipinski definition) is 1. The summed E-state index contributed by atoms with van der Waals surface area (Å²) in [5.41, 5.74) is 1.37. The van der Waals surface area contributed by atoms with Crippen molar-refractivity contribution in [2.24, 2.45) is 0 Å². The van der Waals surface area contributed by atoms with Gasteiger partial charge in [0.15, 0.2) is 0 Å². The zero-order chi connectivity index (χ0) is 9.14. The Morgan fingerprint density at radius 3 is 2.50 bits per heavy atom. The summed E-state index contributed by atoms with van der Waals surface area (Å²) in [6, 6.07) is 3.15. The van der Waals surface area contributed by atoms with Crippen LogP contribution in [-0.2, 0) is 0 Å². The predicted octanol–water partition coefficient (Wildman–Crippen LogP) is 2.18. The lowest BCUT2D eigenvalue weighted by Crippen LogP contribution is -1.96. The van der Waals surface area contributed by atoms with Crippen molar-refractivity contribution in [3.8, 4) is 5.75 Å². The number of ether oxygens (including phenoxy) is 1. The second-order valence-corrected chi connectivity index (χ2v) is 2.55.